The van der Waals surface area contributed by atoms with Crippen LogP contribution in [-0.2, 0) is 4.74 Å². The quantitative estimate of drug-likeness (QED) is 0.849. The molecule has 0 aliphatic carbocycles. The third-order valence-corrected chi connectivity index (χ3v) is 4.51. The Morgan fingerprint density at radius 1 is 1.43 bits per heavy atom. The van der Waals surface area contributed by atoms with Gasteiger partial charge in [-0.25, -0.2) is 0 Å². The van der Waals surface area contributed by atoms with Crippen LogP contribution >= 0.6 is 0 Å². The lowest BCUT2D eigenvalue weighted by Crippen LogP contribution is -2.35. The van der Waals surface area contributed by atoms with E-state index in [1.165, 1.54) is 0 Å². The molecule has 0 unspecified atom stereocenters. The van der Waals surface area contributed by atoms with Crippen molar-refractivity contribution in [2.24, 2.45) is 5.92 Å². The Morgan fingerprint density at radius 3 is 2.91 bits per heavy atom. The lowest BCUT2D eigenvalue weighted by Gasteiger charge is -2.23. The van der Waals surface area contributed by atoms with Crippen molar-refractivity contribution >= 4 is 16.9 Å². The van der Waals surface area contributed by atoms with Gasteiger partial charge >= 0.3 is 0 Å². The number of carbonyl (C=O) groups is 1. The maximum Gasteiger partial charge on any atom is 0.289 e. The molecule has 2 aromatic rings. The minimum atomic E-state index is -0.0600. The first-order valence-electron chi connectivity index (χ1n) is 8.08. The molecule has 1 aromatic carbocycles. The van der Waals surface area contributed by atoms with E-state index in [1.54, 1.807) is 7.11 Å². The van der Waals surface area contributed by atoms with Gasteiger partial charge in [-0.15, -0.1) is 0 Å². The summed E-state index contributed by atoms with van der Waals surface area (Å²) in [7, 11) is 1.60. The van der Waals surface area contributed by atoms with E-state index in [1.807, 2.05) is 36.9 Å². The summed E-state index contributed by atoms with van der Waals surface area (Å²) in [4.78, 5) is 14.7. The summed E-state index contributed by atoms with van der Waals surface area (Å²) in [5.41, 5.74) is 1.50. The van der Waals surface area contributed by atoms with Gasteiger partial charge in [0.05, 0.1) is 13.7 Å². The highest BCUT2D eigenvalue weighted by Gasteiger charge is 2.26. The average molecular weight is 317 g/mol. The van der Waals surface area contributed by atoms with Crippen molar-refractivity contribution in [3.63, 3.8) is 0 Å². The number of amides is 1. The van der Waals surface area contributed by atoms with E-state index in [0.717, 1.165) is 30.6 Å². The van der Waals surface area contributed by atoms with Crippen molar-refractivity contribution in [2.75, 3.05) is 33.4 Å². The first-order chi connectivity index (χ1) is 11.2. The van der Waals surface area contributed by atoms with Crippen molar-refractivity contribution in [1.29, 1.82) is 0 Å². The Balaban J connectivity index is 1.91. The molecule has 0 bridgehead atoms. The van der Waals surface area contributed by atoms with Gasteiger partial charge in [-0.2, -0.15) is 0 Å². The first kappa shape index (κ1) is 15.9. The molecule has 0 N–H and O–H groups in total. The standard InChI is InChI=1S/C18H23NO4/c1-4-19(10-13-8-9-22-11-13)18(20)16-12(2)14-6-5-7-15(21-3)17(14)23-16/h5-7,13H,4,8-11H2,1-3H3/t13-/m0/s1. The second-order valence-corrected chi connectivity index (χ2v) is 5.97. The highest BCUT2D eigenvalue weighted by atomic mass is 16.5. The van der Waals surface area contributed by atoms with Crippen LogP contribution in [0.5, 0.6) is 5.75 Å². The number of fused-ring (bicyclic) bond motifs is 1. The van der Waals surface area contributed by atoms with Crippen molar-refractivity contribution in [2.45, 2.75) is 20.3 Å². The van der Waals surface area contributed by atoms with Crippen LogP contribution in [0.3, 0.4) is 0 Å². The SMILES string of the molecule is CCN(C[C@@H]1CCOC1)C(=O)c1oc2c(OC)cccc2c1C. The van der Waals surface area contributed by atoms with E-state index in [9.17, 15) is 4.79 Å². The van der Waals surface area contributed by atoms with E-state index in [0.29, 0.717) is 36.1 Å². The van der Waals surface area contributed by atoms with Crippen molar-refractivity contribution in [1.82, 2.24) is 4.90 Å². The average Bonchev–Trinajstić information content (AvgIpc) is 3.20. The van der Waals surface area contributed by atoms with Crippen LogP contribution in [0.15, 0.2) is 22.6 Å². The summed E-state index contributed by atoms with van der Waals surface area (Å²) >= 11 is 0. The van der Waals surface area contributed by atoms with E-state index in [2.05, 4.69) is 0 Å². The fourth-order valence-electron chi connectivity index (χ4n) is 3.12. The third-order valence-electron chi connectivity index (χ3n) is 4.51. The Labute approximate surface area is 136 Å². The summed E-state index contributed by atoms with van der Waals surface area (Å²) in [5, 5.41) is 0.924. The molecule has 23 heavy (non-hydrogen) atoms. The van der Waals surface area contributed by atoms with E-state index in [-0.39, 0.29) is 5.91 Å². The van der Waals surface area contributed by atoms with Crippen LogP contribution in [0, 0.1) is 12.8 Å². The molecule has 1 atom stereocenters. The number of ether oxygens (including phenoxy) is 2. The van der Waals surface area contributed by atoms with Crippen molar-refractivity contribution in [3.8, 4) is 5.75 Å². The van der Waals surface area contributed by atoms with Gasteiger partial charge in [-0.1, -0.05) is 12.1 Å². The molecule has 124 valence electrons. The lowest BCUT2D eigenvalue weighted by molar-refractivity contribution is 0.0700. The van der Waals surface area contributed by atoms with Gasteiger partial charge in [0.1, 0.15) is 0 Å². The second kappa shape index (κ2) is 6.62. The number of benzene rings is 1. The molecular weight excluding hydrogens is 294 g/mol. The van der Waals surface area contributed by atoms with Gasteiger partial charge in [0.2, 0.25) is 0 Å². The Morgan fingerprint density at radius 2 is 2.26 bits per heavy atom. The summed E-state index contributed by atoms with van der Waals surface area (Å²) in [6, 6.07) is 5.70. The predicted octanol–water partition coefficient (Wildman–Crippen LogP) is 3.25. The molecule has 1 amide bonds. The molecule has 0 radical (unpaired) electrons. The van der Waals surface area contributed by atoms with Gasteiger partial charge in [0.15, 0.2) is 17.1 Å². The number of para-hydroxylation sites is 1. The molecule has 5 heteroatoms. The maximum atomic E-state index is 12.9. The van der Waals surface area contributed by atoms with Gasteiger partial charge in [0, 0.05) is 36.6 Å². The number of hydrogen-bond donors (Lipinski definition) is 0. The molecular formula is C18H23NO4. The minimum Gasteiger partial charge on any atom is -0.493 e. The largest absolute Gasteiger partial charge is 0.493 e. The molecule has 1 fully saturated rings. The molecule has 1 aliphatic heterocycles. The topological polar surface area (TPSA) is 51.9 Å². The summed E-state index contributed by atoms with van der Waals surface area (Å²) in [6.45, 7) is 6.80. The first-order valence-corrected chi connectivity index (χ1v) is 8.08. The van der Waals surface area contributed by atoms with Crippen molar-refractivity contribution in [3.05, 3.63) is 29.5 Å². The van der Waals surface area contributed by atoms with Gasteiger partial charge in [0.25, 0.3) is 5.91 Å². The minimum absolute atomic E-state index is 0.0600. The molecule has 1 saturated heterocycles. The van der Waals surface area contributed by atoms with Gasteiger partial charge in [-0.3, -0.25) is 4.79 Å². The van der Waals surface area contributed by atoms with Crippen LogP contribution < -0.4 is 4.74 Å². The Bertz CT molecular complexity index is 700. The third kappa shape index (κ3) is 2.93. The van der Waals surface area contributed by atoms with E-state index < -0.39 is 0 Å². The number of hydrogen-bond acceptors (Lipinski definition) is 4. The number of methoxy groups -OCH3 is 1. The number of rotatable bonds is 5. The van der Waals surface area contributed by atoms with Gasteiger partial charge in [-0.05, 0) is 26.3 Å². The molecule has 0 spiro atoms. The number of carbonyl (C=O) groups excluding carboxylic acids is 1. The summed E-state index contributed by atoms with van der Waals surface area (Å²) in [5.74, 6) is 1.41. The van der Waals surface area contributed by atoms with Crippen LogP contribution in [0.25, 0.3) is 11.0 Å². The molecule has 0 saturated carbocycles. The number of furan rings is 1. The van der Waals surface area contributed by atoms with E-state index >= 15 is 0 Å². The molecule has 5 nitrogen and oxygen atoms in total. The Hall–Kier alpha value is -2.01. The predicted molar refractivity (Wildman–Crippen MR) is 88.0 cm³/mol. The molecule has 1 aromatic heterocycles. The van der Waals surface area contributed by atoms with Crippen LogP contribution in [0.2, 0.25) is 0 Å². The molecule has 3 rings (SSSR count). The molecule has 1 aliphatic rings. The maximum absolute atomic E-state index is 12.9. The molecule has 2 heterocycles. The smallest absolute Gasteiger partial charge is 0.289 e. The normalized spacial score (nSPS) is 17.6. The van der Waals surface area contributed by atoms with Gasteiger partial charge < -0.3 is 18.8 Å². The lowest BCUT2D eigenvalue weighted by atomic mass is 10.1. The summed E-state index contributed by atoms with van der Waals surface area (Å²) in [6.07, 6.45) is 1.01. The van der Waals surface area contributed by atoms with Crippen LogP contribution in [0.1, 0.15) is 29.5 Å². The zero-order valence-electron chi connectivity index (χ0n) is 13.9. The van der Waals surface area contributed by atoms with Crippen LogP contribution in [-0.4, -0.2) is 44.2 Å². The highest BCUT2D eigenvalue weighted by Crippen LogP contribution is 2.33. The monoisotopic (exact) mass is 317 g/mol. The second-order valence-electron chi connectivity index (χ2n) is 5.97. The Kier molecular flexibility index (Phi) is 4.57. The fraction of sp³-hybridized carbons (Fsp3) is 0.500. The van der Waals surface area contributed by atoms with E-state index in [4.69, 9.17) is 13.9 Å². The zero-order chi connectivity index (χ0) is 16.4. The zero-order valence-corrected chi connectivity index (χ0v) is 13.9. The van der Waals surface area contributed by atoms with Crippen LogP contribution in [0.4, 0.5) is 0 Å². The van der Waals surface area contributed by atoms with Crippen molar-refractivity contribution < 1.29 is 18.7 Å². The number of nitrogens with zero attached hydrogens (tertiary/aromatic N) is 1. The summed E-state index contributed by atoms with van der Waals surface area (Å²) < 4.78 is 16.6. The number of aryl methyl sites for hydroxylation is 1. The fourth-order valence-corrected chi connectivity index (χ4v) is 3.12. The highest BCUT2D eigenvalue weighted by molar-refractivity contribution is 6.00.